The van der Waals surface area contributed by atoms with Gasteiger partial charge in [0.1, 0.15) is 5.75 Å². The van der Waals surface area contributed by atoms with Gasteiger partial charge in [-0.05, 0) is 23.6 Å². The lowest BCUT2D eigenvalue weighted by Gasteiger charge is -2.14. The predicted octanol–water partition coefficient (Wildman–Crippen LogP) is 0.947. The number of aromatic hydroxyl groups is 1. The van der Waals surface area contributed by atoms with Gasteiger partial charge in [0, 0.05) is 0 Å². The molecule has 0 fully saturated rings. The molecule has 0 aliphatic carbocycles. The molecule has 0 aromatic heterocycles. The van der Waals surface area contributed by atoms with E-state index in [1.165, 1.54) is 0 Å². The van der Waals surface area contributed by atoms with Crippen molar-refractivity contribution in [3.63, 3.8) is 0 Å². The highest BCUT2D eigenvalue weighted by atomic mass is 16.3. The maximum Gasteiger partial charge on any atom is 0.119 e. The van der Waals surface area contributed by atoms with E-state index in [4.69, 9.17) is 10.8 Å². The van der Waals surface area contributed by atoms with Gasteiger partial charge < -0.3 is 15.9 Å². The number of hydrogen-bond donors (Lipinski definition) is 3. The van der Waals surface area contributed by atoms with Crippen molar-refractivity contribution in [2.75, 3.05) is 6.61 Å². The first-order chi connectivity index (χ1) is 6.20. The maximum atomic E-state index is 9.50. The molecule has 0 radical (unpaired) electrons. The van der Waals surface area contributed by atoms with Crippen LogP contribution < -0.4 is 5.73 Å². The summed E-state index contributed by atoms with van der Waals surface area (Å²) >= 11 is 0. The van der Waals surface area contributed by atoms with Gasteiger partial charge in [0.25, 0.3) is 0 Å². The first-order valence-corrected chi connectivity index (χ1v) is 4.37. The quantitative estimate of drug-likeness (QED) is 0.650. The van der Waals surface area contributed by atoms with E-state index >= 15 is 0 Å². The molecule has 0 bridgehead atoms. The molecule has 1 aromatic rings. The molecular formula is C10H15NO2. The summed E-state index contributed by atoms with van der Waals surface area (Å²) in [6, 6.07) is 4.80. The van der Waals surface area contributed by atoms with Gasteiger partial charge in [-0.25, -0.2) is 0 Å². The molecule has 0 spiro atoms. The summed E-state index contributed by atoms with van der Waals surface area (Å²) < 4.78 is 0. The number of rotatable bonds is 3. The van der Waals surface area contributed by atoms with Gasteiger partial charge in [0.05, 0.1) is 12.6 Å². The molecule has 72 valence electrons. The van der Waals surface area contributed by atoms with Crippen LogP contribution >= 0.6 is 0 Å². The zero-order chi connectivity index (χ0) is 9.84. The second-order valence-electron chi connectivity index (χ2n) is 2.99. The number of benzene rings is 1. The molecule has 0 saturated heterocycles. The molecule has 1 unspecified atom stereocenters. The van der Waals surface area contributed by atoms with Crippen molar-refractivity contribution in [1.82, 2.24) is 0 Å². The van der Waals surface area contributed by atoms with Gasteiger partial charge in [-0.3, -0.25) is 0 Å². The van der Waals surface area contributed by atoms with Gasteiger partial charge in [-0.1, -0.05) is 19.1 Å². The van der Waals surface area contributed by atoms with Crippen LogP contribution in [0.5, 0.6) is 5.75 Å². The Morgan fingerprint density at radius 1 is 1.46 bits per heavy atom. The lowest BCUT2D eigenvalue weighted by Crippen LogP contribution is -2.16. The fraction of sp³-hybridized carbons (Fsp3) is 0.400. The highest BCUT2D eigenvalue weighted by Crippen LogP contribution is 2.25. The van der Waals surface area contributed by atoms with Crippen molar-refractivity contribution in [2.24, 2.45) is 5.73 Å². The number of nitrogens with two attached hydrogens (primary N) is 1. The highest BCUT2D eigenvalue weighted by molar-refractivity contribution is 5.40. The Kier molecular flexibility index (Phi) is 3.28. The summed E-state index contributed by atoms with van der Waals surface area (Å²) in [5, 5.41) is 18.4. The minimum absolute atomic E-state index is 0.101. The molecule has 0 amide bonds. The largest absolute Gasteiger partial charge is 0.508 e. The van der Waals surface area contributed by atoms with Crippen LogP contribution in [-0.4, -0.2) is 16.8 Å². The molecule has 4 N–H and O–H groups in total. The van der Waals surface area contributed by atoms with Crippen molar-refractivity contribution in [2.45, 2.75) is 19.4 Å². The van der Waals surface area contributed by atoms with E-state index in [1.54, 1.807) is 12.1 Å². The van der Waals surface area contributed by atoms with Crippen LogP contribution in [0.2, 0.25) is 0 Å². The van der Waals surface area contributed by atoms with E-state index in [0.717, 1.165) is 17.5 Å². The van der Waals surface area contributed by atoms with Gasteiger partial charge >= 0.3 is 0 Å². The topological polar surface area (TPSA) is 66.5 Å². The third-order valence-electron chi connectivity index (χ3n) is 2.14. The zero-order valence-corrected chi connectivity index (χ0v) is 7.70. The SMILES string of the molecule is CCc1c(O)cccc1C(N)CO. The smallest absolute Gasteiger partial charge is 0.119 e. The molecule has 0 aliphatic heterocycles. The summed E-state index contributed by atoms with van der Waals surface area (Å²) in [6.45, 7) is 1.85. The Balaban J connectivity index is 3.12. The molecule has 3 heteroatoms. The second-order valence-corrected chi connectivity index (χ2v) is 2.99. The minimum Gasteiger partial charge on any atom is -0.508 e. The van der Waals surface area contributed by atoms with Gasteiger partial charge in [0.15, 0.2) is 0 Å². The molecule has 1 aromatic carbocycles. The molecular weight excluding hydrogens is 166 g/mol. The van der Waals surface area contributed by atoms with Crippen LogP contribution in [-0.2, 0) is 6.42 Å². The Bertz CT molecular complexity index is 286. The molecule has 13 heavy (non-hydrogen) atoms. The second kappa shape index (κ2) is 4.25. The minimum atomic E-state index is -0.401. The summed E-state index contributed by atoms with van der Waals surface area (Å²) in [6.07, 6.45) is 0.718. The van der Waals surface area contributed by atoms with Crippen molar-refractivity contribution in [1.29, 1.82) is 0 Å². The molecule has 0 saturated carbocycles. The van der Waals surface area contributed by atoms with Gasteiger partial charge in [-0.2, -0.15) is 0 Å². The molecule has 1 rings (SSSR count). The van der Waals surface area contributed by atoms with Crippen molar-refractivity contribution < 1.29 is 10.2 Å². The lowest BCUT2D eigenvalue weighted by molar-refractivity contribution is 0.267. The number of phenolic OH excluding ortho intramolecular Hbond substituents is 1. The first kappa shape index (κ1) is 10.0. The van der Waals surface area contributed by atoms with Crippen LogP contribution in [0.1, 0.15) is 24.1 Å². The van der Waals surface area contributed by atoms with Crippen molar-refractivity contribution in [3.8, 4) is 5.75 Å². The third-order valence-corrected chi connectivity index (χ3v) is 2.14. The third kappa shape index (κ3) is 1.99. The fourth-order valence-electron chi connectivity index (χ4n) is 1.42. The van der Waals surface area contributed by atoms with Crippen LogP contribution in [0.3, 0.4) is 0 Å². The lowest BCUT2D eigenvalue weighted by atomic mass is 9.99. The van der Waals surface area contributed by atoms with Crippen LogP contribution in [0.15, 0.2) is 18.2 Å². The summed E-state index contributed by atoms with van der Waals surface area (Å²) in [5.41, 5.74) is 7.33. The summed E-state index contributed by atoms with van der Waals surface area (Å²) in [7, 11) is 0. The Labute approximate surface area is 77.8 Å². The van der Waals surface area contributed by atoms with Gasteiger partial charge in [-0.15, -0.1) is 0 Å². The Morgan fingerprint density at radius 2 is 2.15 bits per heavy atom. The number of aliphatic hydroxyl groups excluding tert-OH is 1. The number of aliphatic hydroxyl groups is 1. The predicted molar refractivity (Wildman–Crippen MR) is 51.5 cm³/mol. The molecule has 0 heterocycles. The van der Waals surface area contributed by atoms with E-state index in [0.29, 0.717) is 0 Å². The molecule has 1 atom stereocenters. The van der Waals surface area contributed by atoms with E-state index in [-0.39, 0.29) is 12.4 Å². The Morgan fingerprint density at radius 3 is 2.69 bits per heavy atom. The Hall–Kier alpha value is -1.06. The molecule has 3 nitrogen and oxygen atoms in total. The normalized spacial score (nSPS) is 12.8. The maximum absolute atomic E-state index is 9.50. The average Bonchev–Trinajstić information content (AvgIpc) is 2.16. The van der Waals surface area contributed by atoms with Crippen molar-refractivity contribution >= 4 is 0 Å². The summed E-state index contributed by atoms with van der Waals surface area (Å²) in [5.74, 6) is 0.254. The zero-order valence-electron chi connectivity index (χ0n) is 7.70. The van der Waals surface area contributed by atoms with E-state index in [9.17, 15) is 5.11 Å². The average molecular weight is 181 g/mol. The van der Waals surface area contributed by atoms with E-state index < -0.39 is 6.04 Å². The number of phenols is 1. The number of hydrogen-bond acceptors (Lipinski definition) is 3. The monoisotopic (exact) mass is 181 g/mol. The summed E-state index contributed by atoms with van der Waals surface area (Å²) in [4.78, 5) is 0. The van der Waals surface area contributed by atoms with Crippen LogP contribution in [0, 0.1) is 0 Å². The van der Waals surface area contributed by atoms with E-state index in [1.807, 2.05) is 13.0 Å². The first-order valence-electron chi connectivity index (χ1n) is 4.37. The van der Waals surface area contributed by atoms with E-state index in [2.05, 4.69) is 0 Å². The van der Waals surface area contributed by atoms with Crippen molar-refractivity contribution in [3.05, 3.63) is 29.3 Å². The van der Waals surface area contributed by atoms with Crippen LogP contribution in [0.4, 0.5) is 0 Å². The molecule has 0 aliphatic rings. The van der Waals surface area contributed by atoms with Gasteiger partial charge in [0.2, 0.25) is 0 Å². The highest BCUT2D eigenvalue weighted by Gasteiger charge is 2.11. The van der Waals surface area contributed by atoms with Crippen LogP contribution in [0.25, 0.3) is 0 Å². The standard InChI is InChI=1S/C10H15NO2/c1-2-7-8(9(11)6-12)4-3-5-10(7)13/h3-5,9,12-13H,2,6,11H2,1H3. The fourth-order valence-corrected chi connectivity index (χ4v) is 1.42.